The first-order valence-electron chi connectivity index (χ1n) is 14.0. The van der Waals surface area contributed by atoms with Gasteiger partial charge in [0.15, 0.2) is 15.8 Å². The van der Waals surface area contributed by atoms with Crippen molar-refractivity contribution < 1.29 is 24.2 Å². The van der Waals surface area contributed by atoms with Gasteiger partial charge in [0.05, 0.1) is 25.3 Å². The molecule has 3 aromatic carbocycles. The van der Waals surface area contributed by atoms with Crippen LogP contribution in [0.15, 0.2) is 70.6 Å². The van der Waals surface area contributed by atoms with Gasteiger partial charge in [0, 0.05) is 26.4 Å². The fraction of sp³-hybridized carbons (Fsp3) is 0.250. The van der Waals surface area contributed by atoms with E-state index < -0.39 is 17.7 Å². The number of hydrogen-bond acceptors (Lipinski definition) is 9. The van der Waals surface area contributed by atoms with Gasteiger partial charge in [-0.2, -0.15) is 0 Å². The number of rotatable bonds is 12. The van der Waals surface area contributed by atoms with Gasteiger partial charge in [-0.1, -0.05) is 89.8 Å². The third-order valence-corrected chi connectivity index (χ3v) is 9.98. The van der Waals surface area contributed by atoms with Crippen LogP contribution in [0.2, 0.25) is 15.1 Å². The van der Waals surface area contributed by atoms with Crippen molar-refractivity contribution in [3.63, 3.8) is 0 Å². The smallest absolute Gasteiger partial charge is 0.301 e. The summed E-state index contributed by atoms with van der Waals surface area (Å²) in [5.41, 5.74) is 1.60. The average Bonchev–Trinajstić information content (AvgIpc) is 3.60. The zero-order valence-corrected chi connectivity index (χ0v) is 28.2. The first kappa shape index (κ1) is 33.1. The molecule has 1 saturated heterocycles. The number of amides is 1. The molecule has 0 spiro atoms. The number of benzene rings is 3. The molecule has 0 bridgehead atoms. The number of ketones is 1. The van der Waals surface area contributed by atoms with Crippen molar-refractivity contribution in [3.8, 4) is 11.5 Å². The summed E-state index contributed by atoms with van der Waals surface area (Å²) < 4.78 is 12.1. The zero-order chi connectivity index (χ0) is 32.1. The summed E-state index contributed by atoms with van der Waals surface area (Å²) in [5.74, 6) is -0.600. The molecule has 0 saturated carbocycles. The lowest BCUT2D eigenvalue weighted by atomic mass is 9.95. The molecule has 234 valence electrons. The lowest BCUT2D eigenvalue weighted by Crippen LogP contribution is -2.29. The van der Waals surface area contributed by atoms with E-state index in [0.717, 1.165) is 36.2 Å². The van der Waals surface area contributed by atoms with E-state index in [-0.39, 0.29) is 16.5 Å². The number of halogens is 3. The average molecular weight is 705 g/mol. The second-order valence-corrected chi connectivity index (χ2v) is 13.5. The molecule has 1 aliphatic heterocycles. The minimum absolute atomic E-state index is 0.0988. The van der Waals surface area contributed by atoms with E-state index in [9.17, 15) is 14.7 Å². The van der Waals surface area contributed by atoms with Crippen LogP contribution in [0, 0.1) is 0 Å². The maximum absolute atomic E-state index is 13.6. The standard InChI is InChI=1S/C32H28Cl3N3O5S2/c1-3-4-5-14-43-24-13-9-19(15-25(24)42-2)27-26(28(39)18-6-10-21(33)11-7-18)29(40)30(41)38(27)31-36-37-32(45-31)44-17-20-8-12-22(34)16-23(20)35/h6-13,15-16,27,39H,3-5,14,17H2,1-2H3/b28-26-. The number of hydrogen-bond donors (Lipinski definition) is 1. The molecule has 4 aromatic rings. The summed E-state index contributed by atoms with van der Waals surface area (Å²) in [4.78, 5) is 28.5. The molecule has 1 aromatic heterocycles. The monoisotopic (exact) mass is 703 g/mol. The minimum atomic E-state index is -1.03. The molecule has 1 fully saturated rings. The Kier molecular flexibility index (Phi) is 10.9. The fourth-order valence-electron chi connectivity index (χ4n) is 4.75. The number of carbonyl (C=O) groups is 2. The Morgan fingerprint density at radius 1 is 0.978 bits per heavy atom. The second-order valence-electron chi connectivity index (χ2n) is 10.0. The molecule has 1 amide bonds. The second kappa shape index (κ2) is 14.9. The maximum Gasteiger partial charge on any atom is 0.301 e. The van der Waals surface area contributed by atoms with E-state index in [4.69, 9.17) is 44.3 Å². The fourth-order valence-corrected chi connectivity index (χ4v) is 7.30. The Labute approximate surface area is 283 Å². The first-order valence-corrected chi connectivity index (χ1v) is 16.9. The van der Waals surface area contributed by atoms with Crippen LogP contribution in [0.1, 0.15) is 48.9 Å². The normalized spacial score (nSPS) is 15.9. The molecule has 1 unspecified atom stereocenters. The number of aromatic nitrogens is 2. The van der Waals surface area contributed by atoms with Crippen LogP contribution < -0.4 is 14.4 Å². The van der Waals surface area contributed by atoms with E-state index in [2.05, 4.69) is 17.1 Å². The Balaban J connectivity index is 1.53. The van der Waals surface area contributed by atoms with Crippen molar-refractivity contribution in [2.45, 2.75) is 42.3 Å². The van der Waals surface area contributed by atoms with Crippen molar-refractivity contribution in [1.29, 1.82) is 0 Å². The van der Waals surface area contributed by atoms with Crippen LogP contribution in [-0.4, -0.2) is 40.7 Å². The SMILES string of the molecule is CCCCCOc1ccc(C2/C(=C(/O)c3ccc(Cl)cc3)C(=O)C(=O)N2c2nnc(SCc3ccc(Cl)cc3Cl)s2)cc1OC. The number of aliphatic hydroxyl groups excluding tert-OH is 1. The third kappa shape index (κ3) is 7.42. The van der Waals surface area contributed by atoms with Gasteiger partial charge < -0.3 is 14.6 Å². The summed E-state index contributed by atoms with van der Waals surface area (Å²) in [6.45, 7) is 2.63. The molecule has 45 heavy (non-hydrogen) atoms. The van der Waals surface area contributed by atoms with Crippen molar-refractivity contribution in [1.82, 2.24) is 10.2 Å². The van der Waals surface area contributed by atoms with Gasteiger partial charge in [0.2, 0.25) is 5.13 Å². The van der Waals surface area contributed by atoms with E-state index in [1.165, 1.54) is 23.8 Å². The minimum Gasteiger partial charge on any atom is -0.507 e. The van der Waals surface area contributed by atoms with E-state index in [1.807, 2.05) is 6.07 Å². The molecule has 2 heterocycles. The molecule has 1 atom stereocenters. The lowest BCUT2D eigenvalue weighted by molar-refractivity contribution is -0.132. The highest BCUT2D eigenvalue weighted by Crippen LogP contribution is 2.46. The highest BCUT2D eigenvalue weighted by atomic mass is 35.5. The van der Waals surface area contributed by atoms with Crippen LogP contribution in [0.3, 0.4) is 0 Å². The largest absolute Gasteiger partial charge is 0.507 e. The predicted molar refractivity (Wildman–Crippen MR) is 180 cm³/mol. The molecule has 5 rings (SSSR count). The van der Waals surface area contributed by atoms with Crippen LogP contribution in [-0.2, 0) is 15.3 Å². The van der Waals surface area contributed by atoms with E-state index in [0.29, 0.717) is 54.4 Å². The molecule has 1 N–H and O–H groups in total. The summed E-state index contributed by atoms with van der Waals surface area (Å²) in [5, 5.41) is 21.7. The van der Waals surface area contributed by atoms with Gasteiger partial charge in [-0.05, 0) is 66.1 Å². The number of ether oxygens (including phenoxy) is 2. The van der Waals surface area contributed by atoms with Crippen molar-refractivity contribution in [2.24, 2.45) is 0 Å². The van der Waals surface area contributed by atoms with Gasteiger partial charge in [-0.25, -0.2) is 0 Å². The van der Waals surface area contributed by atoms with Crippen LogP contribution in [0.4, 0.5) is 5.13 Å². The topological polar surface area (TPSA) is 102 Å². The number of unbranched alkanes of at least 4 members (excludes halogenated alkanes) is 2. The number of methoxy groups -OCH3 is 1. The molecule has 0 aliphatic carbocycles. The summed E-state index contributed by atoms with van der Waals surface area (Å²) in [7, 11) is 1.52. The summed E-state index contributed by atoms with van der Waals surface area (Å²) >= 11 is 20.9. The Hall–Kier alpha value is -3.28. The number of nitrogens with zero attached hydrogens (tertiary/aromatic N) is 3. The Morgan fingerprint density at radius 3 is 2.44 bits per heavy atom. The van der Waals surface area contributed by atoms with Gasteiger partial charge in [0.1, 0.15) is 5.76 Å². The molecule has 13 heteroatoms. The van der Waals surface area contributed by atoms with Crippen LogP contribution in [0.5, 0.6) is 11.5 Å². The van der Waals surface area contributed by atoms with Gasteiger partial charge in [-0.15, -0.1) is 10.2 Å². The Bertz CT molecular complexity index is 1750. The zero-order valence-electron chi connectivity index (χ0n) is 24.3. The van der Waals surface area contributed by atoms with Crippen molar-refractivity contribution in [3.05, 3.63) is 98.0 Å². The number of aliphatic hydroxyl groups is 1. The van der Waals surface area contributed by atoms with Crippen LogP contribution >= 0.6 is 57.9 Å². The van der Waals surface area contributed by atoms with Gasteiger partial charge >= 0.3 is 5.91 Å². The molecule has 8 nitrogen and oxygen atoms in total. The van der Waals surface area contributed by atoms with Gasteiger partial charge in [0.25, 0.3) is 5.78 Å². The van der Waals surface area contributed by atoms with Crippen LogP contribution in [0.25, 0.3) is 5.76 Å². The molecular weight excluding hydrogens is 677 g/mol. The number of anilines is 1. The quantitative estimate of drug-likeness (QED) is 0.0390. The van der Waals surface area contributed by atoms with Gasteiger partial charge in [-0.3, -0.25) is 14.5 Å². The summed E-state index contributed by atoms with van der Waals surface area (Å²) in [6.07, 6.45) is 2.99. The highest BCUT2D eigenvalue weighted by Gasteiger charge is 2.48. The first-order chi connectivity index (χ1) is 21.7. The van der Waals surface area contributed by atoms with Crippen molar-refractivity contribution >= 4 is 80.5 Å². The van der Waals surface area contributed by atoms with Crippen molar-refractivity contribution in [2.75, 3.05) is 18.6 Å². The van der Waals surface area contributed by atoms with E-state index >= 15 is 0 Å². The maximum atomic E-state index is 13.6. The molecule has 1 aliphatic rings. The number of Topliss-reactive ketones (excluding diaryl/α,β-unsaturated/α-hetero) is 1. The summed E-state index contributed by atoms with van der Waals surface area (Å²) in [6, 6.07) is 15.8. The third-order valence-electron chi connectivity index (χ3n) is 7.04. The van der Waals surface area contributed by atoms with E-state index in [1.54, 1.807) is 54.6 Å². The lowest BCUT2D eigenvalue weighted by Gasteiger charge is -2.23. The highest BCUT2D eigenvalue weighted by molar-refractivity contribution is 8.00. The molecular formula is C32H28Cl3N3O5S2. The Morgan fingerprint density at radius 2 is 1.73 bits per heavy atom. The number of thioether (sulfide) groups is 1. The molecule has 0 radical (unpaired) electrons. The predicted octanol–water partition coefficient (Wildman–Crippen LogP) is 8.99. The number of carbonyl (C=O) groups excluding carboxylic acids is 2.